The third-order valence-corrected chi connectivity index (χ3v) is 3.43. The van der Waals surface area contributed by atoms with Crippen molar-refractivity contribution in [3.05, 3.63) is 17.2 Å². The minimum absolute atomic E-state index is 0.361. The van der Waals surface area contributed by atoms with Gasteiger partial charge in [-0.2, -0.15) is 0 Å². The van der Waals surface area contributed by atoms with Gasteiger partial charge < -0.3 is 14.6 Å². The Morgan fingerprint density at radius 3 is 2.04 bits per heavy atom. The molecular weight excluding hydrogens is 326 g/mol. The molecule has 0 atom stereocenters. The number of hydrogen-bond acceptors (Lipinski definition) is 3. The Hall–Kier alpha value is -1.52. The maximum Gasteiger partial charge on any atom is 0.407 e. The van der Waals surface area contributed by atoms with E-state index in [9.17, 15) is 4.79 Å². The lowest BCUT2D eigenvalue weighted by molar-refractivity contribution is 0.0526. The first-order chi connectivity index (χ1) is 12.3. The molecule has 1 heterocycles. The third kappa shape index (κ3) is 9.83. The SMILES string of the molecule is CC.CC.CC.Cc1nc(C2CC2)n(CCNC(=O)OC(C)(C)C)c1C. The Morgan fingerprint density at radius 1 is 1.12 bits per heavy atom. The highest BCUT2D eigenvalue weighted by molar-refractivity contribution is 5.67. The summed E-state index contributed by atoms with van der Waals surface area (Å²) in [5, 5.41) is 2.80. The van der Waals surface area contributed by atoms with Crippen LogP contribution in [0.15, 0.2) is 0 Å². The smallest absolute Gasteiger partial charge is 0.407 e. The molecule has 1 saturated carbocycles. The number of ether oxygens (including phenoxy) is 1. The van der Waals surface area contributed by atoms with Gasteiger partial charge in [0.2, 0.25) is 0 Å². The number of carbonyl (C=O) groups is 1. The molecule has 0 aromatic carbocycles. The fourth-order valence-corrected chi connectivity index (χ4v) is 2.20. The molecular formula is C21H43N3O2. The highest BCUT2D eigenvalue weighted by Crippen LogP contribution is 2.40. The van der Waals surface area contributed by atoms with E-state index in [1.54, 1.807) is 0 Å². The fraction of sp³-hybridized carbons (Fsp3) is 0.810. The van der Waals surface area contributed by atoms with Gasteiger partial charge in [-0.3, -0.25) is 0 Å². The van der Waals surface area contributed by atoms with Crippen LogP contribution in [-0.2, 0) is 11.3 Å². The van der Waals surface area contributed by atoms with Crippen LogP contribution in [0, 0.1) is 13.8 Å². The molecule has 26 heavy (non-hydrogen) atoms. The molecule has 1 aromatic rings. The zero-order valence-electron chi connectivity index (χ0n) is 19.1. The molecule has 5 heteroatoms. The van der Waals surface area contributed by atoms with E-state index >= 15 is 0 Å². The molecule has 0 aliphatic heterocycles. The Morgan fingerprint density at radius 2 is 1.62 bits per heavy atom. The van der Waals surface area contributed by atoms with Gasteiger partial charge in [-0.25, -0.2) is 9.78 Å². The number of nitrogens with zero attached hydrogens (tertiary/aromatic N) is 2. The first-order valence-electron chi connectivity index (χ1n) is 10.3. The van der Waals surface area contributed by atoms with Crippen molar-refractivity contribution in [3.63, 3.8) is 0 Å². The zero-order valence-corrected chi connectivity index (χ0v) is 19.1. The van der Waals surface area contributed by atoms with Crippen LogP contribution in [0.25, 0.3) is 0 Å². The van der Waals surface area contributed by atoms with Gasteiger partial charge in [0.15, 0.2) is 0 Å². The molecule has 1 N–H and O–H groups in total. The topological polar surface area (TPSA) is 56.2 Å². The van der Waals surface area contributed by atoms with Gasteiger partial charge in [0.05, 0.1) is 5.69 Å². The number of imidazole rings is 1. The van der Waals surface area contributed by atoms with Crippen LogP contribution in [0.1, 0.15) is 98.3 Å². The second-order valence-corrected chi connectivity index (χ2v) is 6.50. The van der Waals surface area contributed by atoms with E-state index in [0.717, 1.165) is 12.2 Å². The maximum absolute atomic E-state index is 11.6. The summed E-state index contributed by atoms with van der Waals surface area (Å²) in [6.45, 7) is 23.0. The fourth-order valence-electron chi connectivity index (χ4n) is 2.20. The number of alkyl carbamates (subject to hydrolysis) is 1. The second-order valence-electron chi connectivity index (χ2n) is 6.50. The van der Waals surface area contributed by atoms with Gasteiger partial charge in [0.25, 0.3) is 0 Å². The van der Waals surface area contributed by atoms with Crippen molar-refractivity contribution in [2.75, 3.05) is 6.54 Å². The summed E-state index contributed by atoms with van der Waals surface area (Å²) in [6, 6.07) is 0. The predicted molar refractivity (Wildman–Crippen MR) is 112 cm³/mol. The van der Waals surface area contributed by atoms with Gasteiger partial charge in [0.1, 0.15) is 11.4 Å². The average Bonchev–Trinajstić information content (AvgIpc) is 3.41. The van der Waals surface area contributed by atoms with Crippen molar-refractivity contribution < 1.29 is 9.53 Å². The number of hydrogen-bond donors (Lipinski definition) is 1. The summed E-state index contributed by atoms with van der Waals surface area (Å²) in [5.41, 5.74) is 1.83. The predicted octanol–water partition coefficient (Wildman–Crippen LogP) is 5.98. The van der Waals surface area contributed by atoms with Gasteiger partial charge >= 0.3 is 6.09 Å². The highest BCUT2D eigenvalue weighted by Gasteiger charge is 2.29. The Balaban J connectivity index is 0. The lowest BCUT2D eigenvalue weighted by atomic mass is 10.2. The van der Waals surface area contributed by atoms with Crippen LogP contribution in [0.3, 0.4) is 0 Å². The van der Waals surface area contributed by atoms with Crippen molar-refractivity contribution in [1.82, 2.24) is 14.9 Å². The monoisotopic (exact) mass is 369 g/mol. The molecule has 154 valence electrons. The van der Waals surface area contributed by atoms with E-state index in [0.29, 0.717) is 12.5 Å². The van der Waals surface area contributed by atoms with Crippen molar-refractivity contribution in [2.45, 2.75) is 107 Å². The molecule has 1 fully saturated rings. The zero-order chi connectivity index (χ0) is 20.9. The van der Waals surface area contributed by atoms with Gasteiger partial charge in [-0.1, -0.05) is 41.5 Å². The number of aryl methyl sites for hydroxylation is 1. The third-order valence-electron chi connectivity index (χ3n) is 3.43. The Kier molecular flexibility index (Phi) is 14.0. The van der Waals surface area contributed by atoms with Crippen LogP contribution in [0.4, 0.5) is 4.79 Å². The first kappa shape index (κ1) is 26.7. The van der Waals surface area contributed by atoms with Crippen molar-refractivity contribution >= 4 is 6.09 Å². The molecule has 0 radical (unpaired) electrons. The van der Waals surface area contributed by atoms with E-state index in [4.69, 9.17) is 4.74 Å². The standard InChI is InChI=1S/C15H25N3O2.3C2H6/c1-10-11(2)18(13(17-10)12-6-7-12)9-8-16-14(19)20-15(3,4)5;3*1-2/h12H,6-9H2,1-5H3,(H,16,19);3*1-2H3. The molecule has 1 aromatic heterocycles. The number of nitrogens with one attached hydrogen (secondary N) is 1. The van der Waals surface area contributed by atoms with Gasteiger partial charge in [-0.15, -0.1) is 0 Å². The van der Waals surface area contributed by atoms with E-state index in [1.807, 2.05) is 69.2 Å². The number of amides is 1. The Bertz CT molecular complexity index is 498. The summed E-state index contributed by atoms with van der Waals surface area (Å²) < 4.78 is 7.45. The van der Waals surface area contributed by atoms with Crippen LogP contribution >= 0.6 is 0 Å². The van der Waals surface area contributed by atoms with Crippen molar-refractivity contribution in [1.29, 1.82) is 0 Å². The highest BCUT2D eigenvalue weighted by atomic mass is 16.6. The van der Waals surface area contributed by atoms with Crippen molar-refractivity contribution in [3.8, 4) is 0 Å². The summed E-state index contributed by atoms with van der Waals surface area (Å²) in [5.74, 6) is 1.79. The minimum Gasteiger partial charge on any atom is -0.444 e. The maximum atomic E-state index is 11.6. The normalized spacial score (nSPS) is 12.4. The van der Waals surface area contributed by atoms with E-state index < -0.39 is 5.60 Å². The average molecular weight is 370 g/mol. The quantitative estimate of drug-likeness (QED) is 0.710. The van der Waals surface area contributed by atoms with Gasteiger partial charge in [-0.05, 0) is 47.5 Å². The summed E-state index contributed by atoms with van der Waals surface area (Å²) >= 11 is 0. The first-order valence-corrected chi connectivity index (χ1v) is 10.3. The largest absolute Gasteiger partial charge is 0.444 e. The minimum atomic E-state index is -0.454. The van der Waals surface area contributed by atoms with Crippen LogP contribution in [0.5, 0.6) is 0 Å². The molecule has 0 saturated heterocycles. The van der Waals surface area contributed by atoms with E-state index in [-0.39, 0.29) is 6.09 Å². The molecule has 0 bridgehead atoms. The Labute approximate surface area is 161 Å². The van der Waals surface area contributed by atoms with Crippen LogP contribution in [-0.4, -0.2) is 27.8 Å². The molecule has 0 unspecified atom stereocenters. The summed E-state index contributed by atoms with van der Waals surface area (Å²) in [7, 11) is 0. The lowest BCUT2D eigenvalue weighted by Crippen LogP contribution is -2.34. The molecule has 0 spiro atoms. The van der Waals surface area contributed by atoms with E-state index in [2.05, 4.69) is 21.8 Å². The number of carbonyl (C=O) groups excluding carboxylic acids is 1. The number of aromatic nitrogens is 2. The molecule has 1 amide bonds. The summed E-state index contributed by atoms with van der Waals surface area (Å²) in [6.07, 6.45) is 2.10. The molecule has 2 rings (SSSR count). The number of rotatable bonds is 4. The molecule has 1 aliphatic rings. The van der Waals surface area contributed by atoms with Crippen LogP contribution in [0.2, 0.25) is 0 Å². The van der Waals surface area contributed by atoms with Crippen molar-refractivity contribution in [2.24, 2.45) is 0 Å². The summed E-state index contributed by atoms with van der Waals surface area (Å²) in [4.78, 5) is 16.3. The molecule has 5 nitrogen and oxygen atoms in total. The van der Waals surface area contributed by atoms with Gasteiger partial charge in [0, 0.05) is 24.7 Å². The molecule has 1 aliphatic carbocycles. The van der Waals surface area contributed by atoms with Crippen LogP contribution < -0.4 is 5.32 Å². The van der Waals surface area contributed by atoms with E-state index in [1.165, 1.54) is 24.4 Å². The lowest BCUT2D eigenvalue weighted by Gasteiger charge is -2.20. The second kappa shape index (κ2) is 13.7.